The van der Waals surface area contributed by atoms with Gasteiger partial charge in [0.2, 0.25) is 0 Å². The number of sulfonamides is 1. The summed E-state index contributed by atoms with van der Waals surface area (Å²) in [4.78, 5) is 0.0245. The number of rotatable bonds is 6. The van der Waals surface area contributed by atoms with E-state index >= 15 is 0 Å². The third-order valence-electron chi connectivity index (χ3n) is 3.93. The van der Waals surface area contributed by atoms with Crippen molar-refractivity contribution in [3.8, 4) is 5.82 Å². The number of halogens is 1. The zero-order valence-corrected chi connectivity index (χ0v) is 16.5. The van der Waals surface area contributed by atoms with Gasteiger partial charge >= 0.3 is 0 Å². The molecule has 0 unspecified atom stereocenters. The van der Waals surface area contributed by atoms with Gasteiger partial charge in [-0.2, -0.15) is 5.10 Å². The van der Waals surface area contributed by atoms with Crippen LogP contribution in [0.25, 0.3) is 5.82 Å². The number of nitrogens with zero attached hydrogens (tertiary/aromatic N) is 4. The monoisotopic (exact) mass is 426 g/mol. The summed E-state index contributed by atoms with van der Waals surface area (Å²) in [6.07, 6.45) is 3.44. The quantitative estimate of drug-likeness (QED) is 0.485. The van der Waals surface area contributed by atoms with Crippen LogP contribution in [0.5, 0.6) is 0 Å². The first-order valence-electron chi connectivity index (χ1n) is 8.49. The highest BCUT2D eigenvalue weighted by molar-refractivity contribution is 7.92. The predicted molar refractivity (Wildman–Crippen MR) is 111 cm³/mol. The molecule has 0 aliphatic heterocycles. The molecule has 0 saturated carbocycles. The van der Waals surface area contributed by atoms with Crippen molar-refractivity contribution in [1.29, 1.82) is 0 Å². The average Bonchev–Trinajstić information content (AvgIpc) is 3.25. The van der Waals surface area contributed by atoms with Crippen LogP contribution < -0.4 is 10.0 Å². The highest BCUT2D eigenvalue weighted by Crippen LogP contribution is 2.24. The second-order valence-corrected chi connectivity index (χ2v) is 8.02. The number of hydrogen-bond donors (Lipinski definition) is 2. The summed E-state index contributed by atoms with van der Waals surface area (Å²) in [5.41, 5.74) is 1.14. The highest BCUT2D eigenvalue weighted by Gasteiger charge is 2.17. The van der Waals surface area contributed by atoms with Gasteiger partial charge in [-0.15, -0.1) is 10.2 Å². The Morgan fingerprint density at radius 1 is 0.862 bits per heavy atom. The molecule has 10 heteroatoms. The van der Waals surface area contributed by atoms with E-state index in [0.29, 0.717) is 17.3 Å². The maximum absolute atomic E-state index is 12.5. The fourth-order valence-electron chi connectivity index (χ4n) is 2.56. The van der Waals surface area contributed by atoms with E-state index in [4.69, 9.17) is 11.6 Å². The summed E-state index contributed by atoms with van der Waals surface area (Å²) in [6, 6.07) is 18.4. The Morgan fingerprint density at radius 3 is 2.28 bits per heavy atom. The van der Waals surface area contributed by atoms with E-state index < -0.39 is 10.0 Å². The minimum atomic E-state index is -3.77. The summed E-state index contributed by atoms with van der Waals surface area (Å²) in [7, 11) is -3.77. The van der Waals surface area contributed by atoms with Crippen LogP contribution in [0.4, 0.5) is 17.2 Å². The van der Waals surface area contributed by atoms with Crippen LogP contribution in [-0.4, -0.2) is 28.4 Å². The minimum Gasteiger partial charge on any atom is -0.339 e. The molecule has 146 valence electrons. The molecule has 2 aromatic heterocycles. The van der Waals surface area contributed by atoms with Crippen LogP contribution in [-0.2, 0) is 10.0 Å². The van der Waals surface area contributed by atoms with Gasteiger partial charge in [0.15, 0.2) is 11.6 Å². The van der Waals surface area contributed by atoms with Crippen LogP contribution >= 0.6 is 11.6 Å². The average molecular weight is 427 g/mol. The van der Waals surface area contributed by atoms with Gasteiger partial charge in [0.1, 0.15) is 4.90 Å². The Bertz CT molecular complexity index is 1210. The number of hydrogen-bond acceptors (Lipinski definition) is 6. The van der Waals surface area contributed by atoms with Gasteiger partial charge in [-0.3, -0.25) is 4.72 Å². The molecule has 4 rings (SSSR count). The number of anilines is 3. The van der Waals surface area contributed by atoms with E-state index in [-0.39, 0.29) is 9.92 Å². The van der Waals surface area contributed by atoms with E-state index in [1.807, 2.05) is 0 Å². The van der Waals surface area contributed by atoms with Gasteiger partial charge in [-0.25, -0.2) is 13.1 Å². The van der Waals surface area contributed by atoms with Crippen molar-refractivity contribution in [3.63, 3.8) is 0 Å². The lowest BCUT2D eigenvalue weighted by atomic mass is 10.3. The van der Waals surface area contributed by atoms with Gasteiger partial charge < -0.3 is 5.32 Å². The van der Waals surface area contributed by atoms with Crippen LogP contribution in [0.15, 0.2) is 84.0 Å². The molecule has 0 saturated heterocycles. The molecule has 0 aliphatic carbocycles. The molecule has 0 atom stereocenters. The predicted octanol–water partition coefficient (Wildman–Crippen LogP) is 3.86. The molecule has 0 radical (unpaired) electrons. The van der Waals surface area contributed by atoms with E-state index in [2.05, 4.69) is 25.3 Å². The smallest absolute Gasteiger partial charge is 0.263 e. The molecule has 0 fully saturated rings. The van der Waals surface area contributed by atoms with Crippen LogP contribution in [0.3, 0.4) is 0 Å². The molecular weight excluding hydrogens is 412 g/mol. The third kappa shape index (κ3) is 4.36. The summed E-state index contributed by atoms with van der Waals surface area (Å²) in [5, 5.41) is 15.6. The molecule has 4 aromatic rings. The Kier molecular flexibility index (Phi) is 5.15. The Hall–Kier alpha value is -3.43. The zero-order valence-electron chi connectivity index (χ0n) is 14.9. The maximum atomic E-state index is 12.5. The van der Waals surface area contributed by atoms with E-state index in [0.717, 1.165) is 5.69 Å². The Labute approximate surface area is 172 Å². The first kappa shape index (κ1) is 18.9. The van der Waals surface area contributed by atoms with Gasteiger partial charge in [-0.1, -0.05) is 23.7 Å². The van der Waals surface area contributed by atoms with Crippen LogP contribution in [0.2, 0.25) is 5.02 Å². The normalized spacial score (nSPS) is 11.2. The number of aromatic nitrogens is 4. The largest absolute Gasteiger partial charge is 0.339 e. The second kappa shape index (κ2) is 7.90. The van der Waals surface area contributed by atoms with Gasteiger partial charge in [0.25, 0.3) is 10.0 Å². The van der Waals surface area contributed by atoms with E-state index in [9.17, 15) is 8.42 Å². The van der Waals surface area contributed by atoms with Crippen molar-refractivity contribution in [3.05, 3.63) is 84.1 Å². The molecule has 29 heavy (non-hydrogen) atoms. The van der Waals surface area contributed by atoms with Crippen molar-refractivity contribution in [1.82, 2.24) is 20.0 Å². The molecule has 0 spiro atoms. The van der Waals surface area contributed by atoms with Crippen molar-refractivity contribution >= 4 is 38.8 Å². The first-order valence-corrected chi connectivity index (χ1v) is 10.4. The lowest BCUT2D eigenvalue weighted by Gasteiger charge is -2.10. The van der Waals surface area contributed by atoms with Crippen molar-refractivity contribution in [2.24, 2.45) is 0 Å². The summed E-state index contributed by atoms with van der Waals surface area (Å²) in [6.45, 7) is 0. The fourth-order valence-corrected chi connectivity index (χ4v) is 4.14. The third-order valence-corrected chi connectivity index (χ3v) is 5.81. The molecule has 2 aromatic carbocycles. The lowest BCUT2D eigenvalue weighted by Crippen LogP contribution is -2.13. The number of benzene rings is 2. The summed E-state index contributed by atoms with van der Waals surface area (Å²) in [5.74, 6) is 1.15. The summed E-state index contributed by atoms with van der Waals surface area (Å²) >= 11 is 5.99. The number of nitrogens with one attached hydrogen (secondary N) is 2. The SMILES string of the molecule is O=S(=O)(Nc1ccc(Nc2ccc(-n3cccn3)nn2)cc1)c1ccccc1Cl. The first-order chi connectivity index (χ1) is 14.0. The standard InChI is InChI=1S/C19H15ClN6O2S/c20-16-4-1-2-5-17(16)29(27,28)25-15-8-6-14(7-9-15)22-18-10-11-19(24-23-18)26-13-3-12-21-26/h1-13,25H,(H,22,23). The Balaban J connectivity index is 1.45. The van der Waals surface area contributed by atoms with Gasteiger partial charge in [-0.05, 0) is 54.6 Å². The van der Waals surface area contributed by atoms with Gasteiger partial charge in [0, 0.05) is 23.8 Å². The van der Waals surface area contributed by atoms with Crippen molar-refractivity contribution in [2.75, 3.05) is 10.0 Å². The zero-order chi connectivity index (χ0) is 20.3. The molecule has 2 heterocycles. The minimum absolute atomic E-state index is 0.0245. The van der Waals surface area contributed by atoms with Crippen LogP contribution in [0, 0.1) is 0 Å². The maximum Gasteiger partial charge on any atom is 0.263 e. The molecule has 0 amide bonds. The topological polar surface area (TPSA) is 102 Å². The van der Waals surface area contributed by atoms with Gasteiger partial charge in [0.05, 0.1) is 5.02 Å². The fraction of sp³-hybridized carbons (Fsp3) is 0. The summed E-state index contributed by atoms with van der Waals surface area (Å²) < 4.78 is 29.1. The van der Waals surface area contributed by atoms with E-state index in [1.54, 1.807) is 71.7 Å². The molecular formula is C19H15ClN6O2S. The Morgan fingerprint density at radius 2 is 1.62 bits per heavy atom. The second-order valence-electron chi connectivity index (χ2n) is 5.97. The molecule has 8 nitrogen and oxygen atoms in total. The lowest BCUT2D eigenvalue weighted by molar-refractivity contribution is 0.601. The van der Waals surface area contributed by atoms with E-state index in [1.165, 1.54) is 12.1 Å². The van der Waals surface area contributed by atoms with Crippen molar-refractivity contribution in [2.45, 2.75) is 4.90 Å². The molecule has 0 bridgehead atoms. The van der Waals surface area contributed by atoms with Crippen LogP contribution in [0.1, 0.15) is 0 Å². The van der Waals surface area contributed by atoms with Crippen molar-refractivity contribution < 1.29 is 8.42 Å². The molecule has 2 N–H and O–H groups in total. The highest BCUT2D eigenvalue weighted by atomic mass is 35.5. The molecule has 0 aliphatic rings.